The van der Waals surface area contributed by atoms with Gasteiger partial charge in [-0.3, -0.25) is 4.90 Å². The lowest BCUT2D eigenvalue weighted by Gasteiger charge is -2.47. The van der Waals surface area contributed by atoms with Crippen LogP contribution in [0.3, 0.4) is 0 Å². The van der Waals surface area contributed by atoms with Gasteiger partial charge in [-0.15, -0.1) is 0 Å². The maximum absolute atomic E-state index is 5.92. The van der Waals surface area contributed by atoms with Crippen LogP contribution in [0.15, 0.2) is 0 Å². The lowest BCUT2D eigenvalue weighted by Crippen LogP contribution is -2.56. The molecule has 3 aliphatic rings. The smallest absolute Gasteiger partial charge is 0.0707 e. The highest BCUT2D eigenvalue weighted by Gasteiger charge is 2.41. The normalized spacial score (nSPS) is 41.5. The van der Waals surface area contributed by atoms with Gasteiger partial charge in [0.1, 0.15) is 0 Å². The number of hydrogen-bond acceptors (Lipinski definition) is 3. The van der Waals surface area contributed by atoms with E-state index in [-0.39, 0.29) is 0 Å². The molecule has 0 aromatic heterocycles. The zero-order chi connectivity index (χ0) is 11.7. The Bertz CT molecular complexity index is 247. The van der Waals surface area contributed by atoms with Crippen molar-refractivity contribution in [2.24, 2.45) is 5.92 Å². The monoisotopic (exact) mass is 238 g/mol. The summed E-state index contributed by atoms with van der Waals surface area (Å²) in [7, 11) is 0. The largest absolute Gasteiger partial charge is 0.372 e. The summed E-state index contributed by atoms with van der Waals surface area (Å²) < 4.78 is 5.92. The zero-order valence-corrected chi connectivity index (χ0v) is 11.0. The Labute approximate surface area is 105 Å². The average Bonchev–Trinajstić information content (AvgIpc) is 2.63. The number of likely N-dealkylation sites (tertiary alicyclic amines) is 1. The minimum atomic E-state index is 0.554. The van der Waals surface area contributed by atoms with E-state index in [1.54, 1.807) is 0 Å². The summed E-state index contributed by atoms with van der Waals surface area (Å²) in [6, 6.07) is 0.853. The second-order valence-electron chi connectivity index (χ2n) is 6.02. The van der Waals surface area contributed by atoms with Gasteiger partial charge in [-0.2, -0.15) is 0 Å². The summed E-state index contributed by atoms with van der Waals surface area (Å²) in [5.41, 5.74) is 0. The van der Waals surface area contributed by atoms with E-state index >= 15 is 0 Å². The van der Waals surface area contributed by atoms with E-state index in [1.165, 1.54) is 58.3 Å². The van der Waals surface area contributed by atoms with E-state index in [1.807, 2.05) is 0 Å². The average molecular weight is 238 g/mol. The second kappa shape index (κ2) is 5.25. The first kappa shape index (κ1) is 11.9. The van der Waals surface area contributed by atoms with Gasteiger partial charge in [-0.1, -0.05) is 6.92 Å². The van der Waals surface area contributed by atoms with Crippen LogP contribution in [-0.4, -0.2) is 49.3 Å². The molecule has 2 aliphatic heterocycles. The summed E-state index contributed by atoms with van der Waals surface area (Å²) in [5, 5.41) is 3.59. The number of nitrogens with one attached hydrogen (secondary N) is 1. The maximum atomic E-state index is 5.92. The summed E-state index contributed by atoms with van der Waals surface area (Å²) in [5.74, 6) is 0.902. The van der Waals surface area contributed by atoms with Crippen molar-refractivity contribution in [1.82, 2.24) is 10.2 Å². The lowest BCUT2D eigenvalue weighted by molar-refractivity contribution is -0.0774. The first-order valence-corrected chi connectivity index (χ1v) is 7.47. The van der Waals surface area contributed by atoms with Gasteiger partial charge in [0.2, 0.25) is 0 Å². The SMILES string of the molecule is CCCNCC1CCC1N1CC2CCC(C1)O2. The molecule has 2 heterocycles. The topological polar surface area (TPSA) is 24.5 Å². The molecule has 3 fully saturated rings. The van der Waals surface area contributed by atoms with Crippen molar-refractivity contribution in [3.8, 4) is 0 Å². The molecule has 0 radical (unpaired) electrons. The summed E-state index contributed by atoms with van der Waals surface area (Å²) in [6.07, 6.45) is 7.79. The number of morpholine rings is 1. The third kappa shape index (κ3) is 2.51. The molecule has 1 N–H and O–H groups in total. The van der Waals surface area contributed by atoms with Gasteiger partial charge in [0.05, 0.1) is 12.2 Å². The third-order valence-electron chi connectivity index (χ3n) is 4.75. The molecule has 3 rings (SSSR count). The van der Waals surface area contributed by atoms with Gasteiger partial charge < -0.3 is 10.1 Å². The van der Waals surface area contributed by atoms with Crippen LogP contribution in [0.5, 0.6) is 0 Å². The van der Waals surface area contributed by atoms with E-state index in [0.717, 1.165) is 12.0 Å². The van der Waals surface area contributed by atoms with Crippen molar-refractivity contribution in [1.29, 1.82) is 0 Å². The molecule has 17 heavy (non-hydrogen) atoms. The highest BCUT2D eigenvalue weighted by molar-refractivity contribution is 4.95. The number of nitrogens with zero attached hydrogens (tertiary/aromatic N) is 1. The molecule has 4 unspecified atom stereocenters. The predicted octanol–water partition coefficient (Wildman–Crippen LogP) is 1.63. The molecule has 1 aliphatic carbocycles. The standard InChI is InChI=1S/C14H26N2O/c1-2-7-15-8-11-3-6-14(11)16-9-12-4-5-13(10-16)17-12/h11-15H,2-10H2,1H3. The van der Waals surface area contributed by atoms with Gasteiger partial charge >= 0.3 is 0 Å². The summed E-state index contributed by atoms with van der Waals surface area (Å²) in [6.45, 7) is 7.05. The highest BCUT2D eigenvalue weighted by Crippen LogP contribution is 2.36. The number of fused-ring (bicyclic) bond motifs is 2. The highest BCUT2D eigenvalue weighted by atomic mass is 16.5. The molecule has 1 saturated carbocycles. The van der Waals surface area contributed by atoms with Crippen molar-refractivity contribution >= 4 is 0 Å². The zero-order valence-electron chi connectivity index (χ0n) is 11.0. The van der Waals surface area contributed by atoms with Crippen LogP contribution >= 0.6 is 0 Å². The molecule has 3 heteroatoms. The van der Waals surface area contributed by atoms with Crippen LogP contribution < -0.4 is 5.32 Å². The Balaban J connectivity index is 1.47. The minimum absolute atomic E-state index is 0.554. The lowest BCUT2D eigenvalue weighted by atomic mass is 9.78. The van der Waals surface area contributed by atoms with E-state index in [2.05, 4.69) is 17.1 Å². The fraction of sp³-hybridized carbons (Fsp3) is 1.00. The van der Waals surface area contributed by atoms with E-state index in [4.69, 9.17) is 4.74 Å². The second-order valence-corrected chi connectivity index (χ2v) is 6.02. The fourth-order valence-corrected chi connectivity index (χ4v) is 3.65. The molecule has 0 aromatic carbocycles. The number of hydrogen-bond donors (Lipinski definition) is 1. The van der Waals surface area contributed by atoms with Crippen LogP contribution in [0.1, 0.15) is 39.0 Å². The van der Waals surface area contributed by atoms with Crippen LogP contribution in [0.2, 0.25) is 0 Å². The molecule has 3 nitrogen and oxygen atoms in total. The molecule has 2 bridgehead atoms. The Kier molecular flexibility index (Phi) is 3.69. The summed E-state index contributed by atoms with van der Waals surface area (Å²) >= 11 is 0. The van der Waals surface area contributed by atoms with Crippen LogP contribution in [0.25, 0.3) is 0 Å². The Hall–Kier alpha value is -0.120. The summed E-state index contributed by atoms with van der Waals surface area (Å²) in [4.78, 5) is 2.73. The van der Waals surface area contributed by atoms with Crippen molar-refractivity contribution < 1.29 is 4.74 Å². The molecule has 0 aromatic rings. The van der Waals surface area contributed by atoms with Gasteiger partial charge in [-0.05, 0) is 51.1 Å². The number of ether oxygens (including phenoxy) is 1. The van der Waals surface area contributed by atoms with Gasteiger partial charge in [0, 0.05) is 19.1 Å². The van der Waals surface area contributed by atoms with Crippen molar-refractivity contribution in [2.45, 2.75) is 57.3 Å². The molecule has 0 amide bonds. The van der Waals surface area contributed by atoms with Crippen LogP contribution in [0.4, 0.5) is 0 Å². The van der Waals surface area contributed by atoms with E-state index in [0.29, 0.717) is 12.2 Å². The first-order chi connectivity index (χ1) is 8.36. The first-order valence-electron chi connectivity index (χ1n) is 7.47. The molecule has 0 spiro atoms. The van der Waals surface area contributed by atoms with Gasteiger partial charge in [-0.25, -0.2) is 0 Å². The Morgan fingerprint density at radius 2 is 1.88 bits per heavy atom. The van der Waals surface area contributed by atoms with Crippen molar-refractivity contribution in [2.75, 3.05) is 26.2 Å². The van der Waals surface area contributed by atoms with E-state index in [9.17, 15) is 0 Å². The van der Waals surface area contributed by atoms with E-state index < -0.39 is 0 Å². The maximum Gasteiger partial charge on any atom is 0.0707 e. The van der Waals surface area contributed by atoms with Gasteiger partial charge in [0.25, 0.3) is 0 Å². The number of rotatable bonds is 5. The minimum Gasteiger partial charge on any atom is -0.372 e. The molecule has 98 valence electrons. The van der Waals surface area contributed by atoms with Crippen LogP contribution in [-0.2, 0) is 4.74 Å². The predicted molar refractivity (Wildman–Crippen MR) is 69.1 cm³/mol. The molecule has 4 atom stereocenters. The molecular formula is C14H26N2O. The Morgan fingerprint density at radius 3 is 2.47 bits per heavy atom. The quantitative estimate of drug-likeness (QED) is 0.737. The van der Waals surface area contributed by atoms with Crippen molar-refractivity contribution in [3.05, 3.63) is 0 Å². The Morgan fingerprint density at radius 1 is 1.12 bits per heavy atom. The third-order valence-corrected chi connectivity index (χ3v) is 4.75. The molecule has 2 saturated heterocycles. The fourth-order valence-electron chi connectivity index (χ4n) is 3.65. The van der Waals surface area contributed by atoms with Crippen LogP contribution in [0, 0.1) is 5.92 Å². The van der Waals surface area contributed by atoms with Crippen molar-refractivity contribution in [3.63, 3.8) is 0 Å². The molecular weight excluding hydrogens is 212 g/mol. The van der Waals surface area contributed by atoms with Gasteiger partial charge in [0.15, 0.2) is 0 Å².